The van der Waals surface area contributed by atoms with E-state index in [1.807, 2.05) is 12.1 Å². The van der Waals surface area contributed by atoms with Crippen molar-refractivity contribution in [3.05, 3.63) is 76.1 Å². The van der Waals surface area contributed by atoms with Crippen molar-refractivity contribution in [2.75, 3.05) is 5.32 Å². The van der Waals surface area contributed by atoms with Crippen molar-refractivity contribution in [2.45, 2.75) is 13.8 Å². The van der Waals surface area contributed by atoms with Crippen molar-refractivity contribution in [1.29, 1.82) is 15.8 Å². The molecule has 0 amide bonds. The van der Waals surface area contributed by atoms with Crippen LogP contribution in [-0.4, -0.2) is 4.98 Å². The average Bonchev–Trinajstić information content (AvgIpc) is 2.72. The van der Waals surface area contributed by atoms with Crippen LogP contribution < -0.4 is 10.1 Å². The third kappa shape index (κ3) is 4.13. The Balaban J connectivity index is 1.99. The lowest BCUT2D eigenvalue weighted by Gasteiger charge is -2.14. The molecule has 1 heterocycles. The fourth-order valence-corrected chi connectivity index (χ4v) is 2.76. The van der Waals surface area contributed by atoms with Gasteiger partial charge in [-0.25, -0.2) is 4.39 Å². The van der Waals surface area contributed by atoms with Gasteiger partial charge in [-0.2, -0.15) is 20.8 Å². The van der Waals surface area contributed by atoms with Crippen molar-refractivity contribution < 1.29 is 9.13 Å². The van der Waals surface area contributed by atoms with Gasteiger partial charge in [-0.15, -0.1) is 0 Å². The summed E-state index contributed by atoms with van der Waals surface area (Å²) in [5.74, 6) is -0.562. The van der Waals surface area contributed by atoms with Gasteiger partial charge in [0, 0.05) is 11.8 Å². The summed E-state index contributed by atoms with van der Waals surface area (Å²) >= 11 is 0. The Morgan fingerprint density at radius 2 is 1.52 bits per heavy atom. The van der Waals surface area contributed by atoms with Gasteiger partial charge < -0.3 is 10.1 Å². The van der Waals surface area contributed by atoms with Gasteiger partial charge in [0.1, 0.15) is 11.8 Å². The van der Waals surface area contributed by atoms with Crippen LogP contribution in [0.3, 0.4) is 0 Å². The number of hydrogen-bond acceptors (Lipinski definition) is 6. The molecule has 0 spiro atoms. The van der Waals surface area contributed by atoms with E-state index in [0.717, 1.165) is 6.07 Å². The van der Waals surface area contributed by atoms with E-state index < -0.39 is 5.82 Å². The zero-order chi connectivity index (χ0) is 21.0. The molecule has 0 saturated heterocycles. The second-order valence-corrected chi connectivity index (χ2v) is 6.25. The highest BCUT2D eigenvalue weighted by Gasteiger charge is 2.16. The number of hydrogen-bond donors (Lipinski definition) is 1. The highest BCUT2D eigenvalue weighted by atomic mass is 19.1. The number of rotatable bonds is 4. The summed E-state index contributed by atoms with van der Waals surface area (Å²) in [6.07, 6.45) is 0. The van der Waals surface area contributed by atoms with Crippen LogP contribution in [0.4, 0.5) is 15.9 Å². The van der Waals surface area contributed by atoms with Crippen LogP contribution in [0, 0.1) is 53.7 Å². The molecule has 0 bridgehead atoms. The largest absolute Gasteiger partial charge is 0.436 e. The topological polar surface area (TPSA) is 106 Å². The molecule has 0 aliphatic rings. The van der Waals surface area contributed by atoms with Crippen LogP contribution in [0.15, 0.2) is 42.5 Å². The zero-order valence-electron chi connectivity index (χ0n) is 15.6. The maximum Gasteiger partial charge on any atom is 0.258 e. The van der Waals surface area contributed by atoms with Gasteiger partial charge in [-0.1, -0.05) is 0 Å². The monoisotopic (exact) mass is 383 g/mol. The Bertz CT molecular complexity index is 1190. The van der Waals surface area contributed by atoms with Gasteiger partial charge in [0.15, 0.2) is 11.6 Å². The fraction of sp³-hybridized carbons (Fsp3) is 0.0909. The minimum absolute atomic E-state index is 0.00693. The molecule has 29 heavy (non-hydrogen) atoms. The Labute approximate surface area is 167 Å². The number of pyridine rings is 1. The molecule has 3 rings (SSSR count). The van der Waals surface area contributed by atoms with E-state index in [0.29, 0.717) is 33.7 Å². The first-order valence-electron chi connectivity index (χ1n) is 8.52. The quantitative estimate of drug-likeness (QED) is 0.680. The zero-order valence-corrected chi connectivity index (χ0v) is 15.6. The van der Waals surface area contributed by atoms with Crippen LogP contribution in [-0.2, 0) is 0 Å². The molecule has 0 atom stereocenters. The minimum Gasteiger partial charge on any atom is -0.436 e. The van der Waals surface area contributed by atoms with Gasteiger partial charge in [0.05, 0.1) is 28.8 Å². The van der Waals surface area contributed by atoms with Crippen LogP contribution in [0.2, 0.25) is 0 Å². The first kappa shape index (κ1) is 19.4. The van der Waals surface area contributed by atoms with Gasteiger partial charge in [0.25, 0.3) is 5.88 Å². The molecule has 1 aromatic heterocycles. The predicted molar refractivity (Wildman–Crippen MR) is 104 cm³/mol. The number of nitrogens with one attached hydrogen (secondary N) is 1. The molecule has 2 aromatic carbocycles. The van der Waals surface area contributed by atoms with Crippen molar-refractivity contribution in [2.24, 2.45) is 0 Å². The van der Waals surface area contributed by atoms with E-state index in [2.05, 4.69) is 16.4 Å². The first-order valence-corrected chi connectivity index (χ1v) is 8.52. The number of nitrogens with zero attached hydrogens (tertiary/aromatic N) is 4. The van der Waals surface area contributed by atoms with Crippen LogP contribution in [0.5, 0.6) is 11.6 Å². The molecular formula is C22H14FN5O. The van der Waals surface area contributed by atoms with Crippen molar-refractivity contribution >= 4 is 11.5 Å². The highest BCUT2D eigenvalue weighted by Crippen LogP contribution is 2.32. The number of benzene rings is 2. The van der Waals surface area contributed by atoms with Crippen molar-refractivity contribution in [3.8, 4) is 29.8 Å². The molecule has 0 aliphatic heterocycles. The molecule has 0 unspecified atom stereocenters. The average molecular weight is 383 g/mol. The van der Waals surface area contributed by atoms with E-state index in [9.17, 15) is 9.65 Å². The third-order valence-corrected chi connectivity index (χ3v) is 4.13. The summed E-state index contributed by atoms with van der Waals surface area (Å²) in [4.78, 5) is 4.14. The third-order valence-electron chi connectivity index (χ3n) is 4.13. The normalized spacial score (nSPS) is 9.79. The van der Waals surface area contributed by atoms with E-state index in [-0.39, 0.29) is 17.3 Å². The second kappa shape index (κ2) is 8.08. The van der Waals surface area contributed by atoms with Crippen molar-refractivity contribution in [3.63, 3.8) is 0 Å². The molecule has 3 aromatic rings. The summed E-state index contributed by atoms with van der Waals surface area (Å²) < 4.78 is 20.2. The van der Waals surface area contributed by atoms with Crippen LogP contribution in [0.25, 0.3) is 0 Å². The number of aryl methyl sites for hydroxylation is 2. The lowest BCUT2D eigenvalue weighted by Crippen LogP contribution is -2.03. The molecule has 7 heteroatoms. The number of nitriles is 3. The standard InChI is InChI=1S/C22H14FN5O/c1-13-7-16(11-25)8-14(2)20(13)29-22-19(23)9-17(12-26)21(28-22)27-18-5-3-15(10-24)4-6-18/h3-9H,1-2H3,(H,27,28). The summed E-state index contributed by atoms with van der Waals surface area (Å²) in [7, 11) is 0. The van der Waals surface area contributed by atoms with E-state index in [1.165, 1.54) is 0 Å². The van der Waals surface area contributed by atoms with Gasteiger partial charge in [-0.05, 0) is 61.4 Å². The molecule has 1 N–H and O–H groups in total. The number of aromatic nitrogens is 1. The van der Waals surface area contributed by atoms with Gasteiger partial charge in [0.2, 0.25) is 0 Å². The van der Waals surface area contributed by atoms with E-state index in [1.54, 1.807) is 50.2 Å². The number of halogens is 1. The minimum atomic E-state index is -0.782. The molecule has 0 radical (unpaired) electrons. The SMILES string of the molecule is Cc1cc(C#N)cc(C)c1Oc1nc(Nc2ccc(C#N)cc2)c(C#N)cc1F. The highest BCUT2D eigenvalue weighted by molar-refractivity contribution is 5.64. The molecule has 0 aliphatic carbocycles. The number of ether oxygens (including phenoxy) is 1. The lowest BCUT2D eigenvalue weighted by atomic mass is 10.1. The molecule has 6 nitrogen and oxygen atoms in total. The van der Waals surface area contributed by atoms with Crippen LogP contribution in [0.1, 0.15) is 27.8 Å². The van der Waals surface area contributed by atoms with Gasteiger partial charge in [-0.3, -0.25) is 0 Å². The Morgan fingerprint density at radius 1 is 0.897 bits per heavy atom. The predicted octanol–water partition coefficient (Wildman–Crippen LogP) is 4.99. The fourth-order valence-electron chi connectivity index (χ4n) is 2.76. The maximum atomic E-state index is 14.5. The Hall–Kier alpha value is -4.41. The molecule has 140 valence electrons. The maximum absolute atomic E-state index is 14.5. The van der Waals surface area contributed by atoms with E-state index in [4.69, 9.17) is 15.3 Å². The summed E-state index contributed by atoms with van der Waals surface area (Å²) in [5, 5.41) is 30.2. The van der Waals surface area contributed by atoms with Gasteiger partial charge >= 0.3 is 0 Å². The second-order valence-electron chi connectivity index (χ2n) is 6.25. The molecule has 0 fully saturated rings. The van der Waals surface area contributed by atoms with Crippen LogP contribution >= 0.6 is 0 Å². The van der Waals surface area contributed by atoms with Crippen molar-refractivity contribution in [1.82, 2.24) is 4.98 Å². The lowest BCUT2D eigenvalue weighted by molar-refractivity contribution is 0.418. The summed E-state index contributed by atoms with van der Waals surface area (Å²) in [6.45, 7) is 3.50. The van der Waals surface area contributed by atoms with E-state index >= 15 is 0 Å². The Kier molecular flexibility index (Phi) is 5.39. The molecular weight excluding hydrogens is 369 g/mol. The summed E-state index contributed by atoms with van der Waals surface area (Å²) in [6, 6.07) is 16.8. The first-order chi connectivity index (χ1) is 13.9. The number of anilines is 2. The Morgan fingerprint density at radius 3 is 2.07 bits per heavy atom. The molecule has 0 saturated carbocycles. The summed E-state index contributed by atoms with van der Waals surface area (Å²) in [5.41, 5.74) is 2.87. The smallest absolute Gasteiger partial charge is 0.258 e.